The van der Waals surface area contributed by atoms with Gasteiger partial charge in [0, 0.05) is 30.7 Å². The molecule has 1 aromatic carbocycles. The number of halogens is 1. The van der Waals surface area contributed by atoms with Crippen LogP contribution in [-0.2, 0) is 6.54 Å². The van der Waals surface area contributed by atoms with Gasteiger partial charge >= 0.3 is 0 Å². The third-order valence-corrected chi connectivity index (χ3v) is 2.86. The van der Waals surface area contributed by atoms with Crippen molar-refractivity contribution in [1.29, 1.82) is 0 Å². The summed E-state index contributed by atoms with van der Waals surface area (Å²) < 4.78 is 0. The Hall–Kier alpha value is -0.610. The standard InChI is InChI=1S/C14H23ClN2O/c1-11(2)16-8-14(18)10-17(3)9-12-5-4-6-13(15)7-12/h4-7,11,14,16,18H,8-10H2,1-3H3. The van der Waals surface area contributed by atoms with E-state index in [9.17, 15) is 5.11 Å². The van der Waals surface area contributed by atoms with Gasteiger partial charge in [-0.2, -0.15) is 0 Å². The number of nitrogens with zero attached hydrogens (tertiary/aromatic N) is 1. The summed E-state index contributed by atoms with van der Waals surface area (Å²) in [5, 5.41) is 13.8. The van der Waals surface area contributed by atoms with E-state index in [4.69, 9.17) is 11.6 Å². The normalized spacial score (nSPS) is 13.3. The fourth-order valence-corrected chi connectivity index (χ4v) is 2.02. The molecule has 1 rings (SSSR count). The number of hydrogen-bond acceptors (Lipinski definition) is 3. The highest BCUT2D eigenvalue weighted by molar-refractivity contribution is 6.30. The van der Waals surface area contributed by atoms with E-state index >= 15 is 0 Å². The van der Waals surface area contributed by atoms with Crippen molar-refractivity contribution in [2.45, 2.75) is 32.5 Å². The van der Waals surface area contributed by atoms with Crippen LogP contribution in [0.2, 0.25) is 5.02 Å². The van der Waals surface area contributed by atoms with Crippen molar-refractivity contribution in [1.82, 2.24) is 10.2 Å². The van der Waals surface area contributed by atoms with E-state index < -0.39 is 0 Å². The molecule has 1 atom stereocenters. The number of hydrogen-bond donors (Lipinski definition) is 2. The van der Waals surface area contributed by atoms with Gasteiger partial charge in [0.1, 0.15) is 0 Å². The molecule has 4 heteroatoms. The first kappa shape index (κ1) is 15.4. The zero-order chi connectivity index (χ0) is 13.5. The fourth-order valence-electron chi connectivity index (χ4n) is 1.81. The summed E-state index contributed by atoms with van der Waals surface area (Å²) in [6, 6.07) is 8.21. The number of rotatable bonds is 7. The maximum absolute atomic E-state index is 9.87. The van der Waals surface area contributed by atoms with Crippen LogP contribution in [0, 0.1) is 0 Å². The van der Waals surface area contributed by atoms with Gasteiger partial charge in [0.25, 0.3) is 0 Å². The lowest BCUT2D eigenvalue weighted by Crippen LogP contribution is -2.38. The van der Waals surface area contributed by atoms with Gasteiger partial charge in [-0.3, -0.25) is 4.90 Å². The summed E-state index contributed by atoms with van der Waals surface area (Å²) in [6.45, 7) is 6.20. The Labute approximate surface area is 115 Å². The molecule has 0 spiro atoms. The monoisotopic (exact) mass is 270 g/mol. The number of benzene rings is 1. The first-order valence-corrected chi connectivity index (χ1v) is 6.69. The maximum atomic E-state index is 9.87. The van der Waals surface area contributed by atoms with Crippen LogP contribution >= 0.6 is 11.6 Å². The van der Waals surface area contributed by atoms with Crippen LogP contribution in [0.25, 0.3) is 0 Å². The molecule has 0 heterocycles. The van der Waals surface area contributed by atoms with Gasteiger partial charge in [0.2, 0.25) is 0 Å². The van der Waals surface area contributed by atoms with E-state index in [1.807, 2.05) is 31.3 Å². The van der Waals surface area contributed by atoms with Crippen molar-refractivity contribution >= 4 is 11.6 Å². The number of nitrogens with one attached hydrogen (secondary N) is 1. The summed E-state index contributed by atoms with van der Waals surface area (Å²) >= 11 is 5.94. The van der Waals surface area contributed by atoms with Crippen LogP contribution in [-0.4, -0.2) is 42.3 Å². The number of likely N-dealkylation sites (N-methyl/N-ethyl adjacent to an activating group) is 1. The van der Waals surface area contributed by atoms with Crippen LogP contribution in [0.4, 0.5) is 0 Å². The Morgan fingerprint density at radius 1 is 1.39 bits per heavy atom. The average Bonchev–Trinajstić information content (AvgIpc) is 2.26. The zero-order valence-corrected chi connectivity index (χ0v) is 12.1. The SMILES string of the molecule is CC(C)NCC(O)CN(C)Cc1cccc(Cl)c1. The van der Waals surface area contributed by atoms with Gasteiger partial charge in [-0.05, 0) is 24.7 Å². The van der Waals surface area contributed by atoms with Crippen LogP contribution in [0.5, 0.6) is 0 Å². The predicted octanol–water partition coefficient (Wildman–Crippen LogP) is 2.13. The molecule has 102 valence electrons. The smallest absolute Gasteiger partial charge is 0.0791 e. The second-order valence-corrected chi connectivity index (χ2v) is 5.48. The van der Waals surface area contributed by atoms with Gasteiger partial charge in [-0.25, -0.2) is 0 Å². The molecule has 1 unspecified atom stereocenters. The minimum absolute atomic E-state index is 0.350. The van der Waals surface area contributed by atoms with Crippen molar-refractivity contribution in [3.63, 3.8) is 0 Å². The highest BCUT2D eigenvalue weighted by atomic mass is 35.5. The molecular weight excluding hydrogens is 248 g/mol. The number of aliphatic hydroxyl groups is 1. The minimum atomic E-state index is -0.350. The average molecular weight is 271 g/mol. The van der Waals surface area contributed by atoms with Crippen LogP contribution in [0.3, 0.4) is 0 Å². The lowest BCUT2D eigenvalue weighted by molar-refractivity contribution is 0.119. The quantitative estimate of drug-likeness (QED) is 0.797. The van der Waals surface area contributed by atoms with Crippen molar-refractivity contribution in [3.8, 4) is 0 Å². The van der Waals surface area contributed by atoms with Gasteiger partial charge in [-0.1, -0.05) is 37.6 Å². The van der Waals surface area contributed by atoms with E-state index in [1.54, 1.807) is 0 Å². The lowest BCUT2D eigenvalue weighted by atomic mass is 10.2. The van der Waals surface area contributed by atoms with E-state index in [1.165, 1.54) is 0 Å². The highest BCUT2D eigenvalue weighted by Gasteiger charge is 2.09. The Morgan fingerprint density at radius 2 is 2.11 bits per heavy atom. The van der Waals surface area contributed by atoms with Crippen LogP contribution in [0.1, 0.15) is 19.4 Å². The van der Waals surface area contributed by atoms with Crippen molar-refractivity contribution < 1.29 is 5.11 Å². The molecule has 0 aliphatic carbocycles. The fraction of sp³-hybridized carbons (Fsp3) is 0.571. The third-order valence-electron chi connectivity index (χ3n) is 2.63. The van der Waals surface area contributed by atoms with Crippen molar-refractivity contribution in [2.75, 3.05) is 20.1 Å². The topological polar surface area (TPSA) is 35.5 Å². The molecule has 0 aromatic heterocycles. The molecule has 0 fully saturated rings. The molecule has 1 aromatic rings. The molecule has 18 heavy (non-hydrogen) atoms. The largest absolute Gasteiger partial charge is 0.390 e. The Morgan fingerprint density at radius 3 is 2.72 bits per heavy atom. The summed E-state index contributed by atoms with van der Waals surface area (Å²) in [5.74, 6) is 0. The number of aliphatic hydroxyl groups excluding tert-OH is 1. The summed E-state index contributed by atoms with van der Waals surface area (Å²) in [5.41, 5.74) is 1.16. The maximum Gasteiger partial charge on any atom is 0.0791 e. The van der Waals surface area contributed by atoms with Gasteiger partial charge in [0.15, 0.2) is 0 Å². The van der Waals surface area contributed by atoms with Gasteiger partial charge in [0.05, 0.1) is 6.10 Å². The summed E-state index contributed by atoms with van der Waals surface area (Å²) in [4.78, 5) is 2.10. The van der Waals surface area contributed by atoms with Crippen LogP contribution < -0.4 is 5.32 Å². The Balaban J connectivity index is 2.34. The first-order valence-electron chi connectivity index (χ1n) is 6.32. The molecular formula is C14H23ClN2O. The molecule has 0 amide bonds. The first-order chi connectivity index (χ1) is 8.47. The molecule has 0 aliphatic heterocycles. The third kappa shape index (κ3) is 6.36. The van der Waals surface area contributed by atoms with Crippen molar-refractivity contribution in [2.24, 2.45) is 0 Å². The molecule has 0 radical (unpaired) electrons. The van der Waals surface area contributed by atoms with E-state index in [0.29, 0.717) is 19.1 Å². The zero-order valence-electron chi connectivity index (χ0n) is 11.4. The molecule has 0 bridgehead atoms. The van der Waals surface area contributed by atoms with Gasteiger partial charge < -0.3 is 10.4 Å². The molecule has 0 aliphatic rings. The van der Waals surface area contributed by atoms with Crippen molar-refractivity contribution in [3.05, 3.63) is 34.9 Å². The molecule has 3 nitrogen and oxygen atoms in total. The molecule has 0 saturated carbocycles. The highest BCUT2D eigenvalue weighted by Crippen LogP contribution is 2.12. The van der Waals surface area contributed by atoms with E-state index in [-0.39, 0.29) is 6.10 Å². The summed E-state index contributed by atoms with van der Waals surface area (Å²) in [7, 11) is 2.00. The van der Waals surface area contributed by atoms with E-state index in [2.05, 4.69) is 24.1 Å². The Bertz CT molecular complexity index is 357. The summed E-state index contributed by atoms with van der Waals surface area (Å²) in [6.07, 6.45) is -0.350. The second-order valence-electron chi connectivity index (χ2n) is 5.04. The van der Waals surface area contributed by atoms with Gasteiger partial charge in [-0.15, -0.1) is 0 Å². The predicted molar refractivity (Wildman–Crippen MR) is 76.9 cm³/mol. The molecule has 0 saturated heterocycles. The lowest BCUT2D eigenvalue weighted by Gasteiger charge is -2.21. The van der Waals surface area contributed by atoms with Crippen LogP contribution in [0.15, 0.2) is 24.3 Å². The van der Waals surface area contributed by atoms with E-state index in [0.717, 1.165) is 17.1 Å². The molecule has 2 N–H and O–H groups in total. The second kappa shape index (κ2) is 7.74. The minimum Gasteiger partial charge on any atom is -0.390 e. The Kier molecular flexibility index (Phi) is 6.65.